The van der Waals surface area contributed by atoms with E-state index in [0.29, 0.717) is 23.4 Å². The third-order valence-corrected chi connectivity index (χ3v) is 4.11. The Kier molecular flexibility index (Phi) is 2.16. The van der Waals surface area contributed by atoms with Gasteiger partial charge in [-0.2, -0.15) is 8.42 Å². The second-order valence-electron chi connectivity index (χ2n) is 4.39. The van der Waals surface area contributed by atoms with Crippen molar-refractivity contribution < 1.29 is 13.2 Å². The predicted octanol–water partition coefficient (Wildman–Crippen LogP) is 1.68. The molecule has 3 rings (SSSR count). The van der Waals surface area contributed by atoms with Crippen molar-refractivity contribution in [1.82, 2.24) is 0 Å². The van der Waals surface area contributed by atoms with Crippen LogP contribution in [0.3, 0.4) is 0 Å². The fraction of sp³-hybridized carbons (Fsp3) is 0.364. The minimum atomic E-state index is -3.47. The monoisotopic (exact) mass is 252 g/mol. The minimum Gasteiger partial charge on any atom is -0.294 e. The number of nitrogens with one attached hydrogen (secondary N) is 2. The van der Waals surface area contributed by atoms with Crippen molar-refractivity contribution in [3.05, 3.63) is 23.3 Å². The molecule has 0 atom stereocenters. The van der Waals surface area contributed by atoms with E-state index >= 15 is 0 Å². The number of rotatable bonds is 0. The number of benzene rings is 1. The van der Waals surface area contributed by atoms with Crippen LogP contribution in [0.15, 0.2) is 12.1 Å². The van der Waals surface area contributed by atoms with Gasteiger partial charge in [-0.1, -0.05) is 0 Å². The van der Waals surface area contributed by atoms with Crippen LogP contribution in [0.2, 0.25) is 0 Å². The largest absolute Gasteiger partial charge is 0.321 e. The molecular weight excluding hydrogens is 240 g/mol. The van der Waals surface area contributed by atoms with E-state index in [0.717, 1.165) is 24.8 Å². The number of ketones is 1. The normalized spacial score (nSPS) is 20.8. The Balaban J connectivity index is 2.14. The topological polar surface area (TPSA) is 75.3 Å². The molecule has 0 amide bonds. The molecule has 0 radical (unpaired) electrons. The molecule has 1 heterocycles. The average Bonchev–Trinajstić information content (AvgIpc) is 2.44. The van der Waals surface area contributed by atoms with Gasteiger partial charge in [0.05, 0.1) is 11.4 Å². The van der Waals surface area contributed by atoms with Crippen LogP contribution in [-0.2, 0) is 16.6 Å². The maximum absolute atomic E-state index is 11.9. The van der Waals surface area contributed by atoms with E-state index in [2.05, 4.69) is 9.44 Å². The number of hydrogen-bond donors (Lipinski definition) is 2. The second-order valence-corrected chi connectivity index (χ2v) is 5.81. The molecule has 2 aliphatic rings. The van der Waals surface area contributed by atoms with Crippen LogP contribution < -0.4 is 9.44 Å². The molecule has 0 saturated carbocycles. The van der Waals surface area contributed by atoms with E-state index in [1.807, 2.05) is 0 Å². The van der Waals surface area contributed by atoms with Gasteiger partial charge in [-0.15, -0.1) is 0 Å². The fourth-order valence-electron chi connectivity index (χ4n) is 2.33. The third kappa shape index (κ3) is 1.78. The highest BCUT2D eigenvalue weighted by Gasteiger charge is 2.26. The van der Waals surface area contributed by atoms with E-state index in [-0.39, 0.29) is 5.78 Å². The standard InChI is InChI=1S/C11H12N2O3S/c14-11-4-2-1-3-7-5-9-10(6-8(7)11)13-17(15,16)12-9/h5-6,12-13H,1-4H2. The van der Waals surface area contributed by atoms with Gasteiger partial charge in [0.1, 0.15) is 0 Å². The lowest BCUT2D eigenvalue weighted by Gasteiger charge is -2.06. The SMILES string of the molecule is O=C1CCCCc2cc3c(cc21)NS(=O)(=O)N3. The lowest BCUT2D eigenvalue weighted by Crippen LogP contribution is -2.12. The van der Waals surface area contributed by atoms with Crippen molar-refractivity contribution >= 4 is 27.4 Å². The van der Waals surface area contributed by atoms with Gasteiger partial charge in [0.15, 0.2) is 5.78 Å². The number of fused-ring (bicyclic) bond motifs is 2. The number of Topliss-reactive ketones (excluding diaryl/α,β-unsaturated/α-hetero) is 1. The Morgan fingerprint density at radius 1 is 1.00 bits per heavy atom. The van der Waals surface area contributed by atoms with Gasteiger partial charge in [-0.05, 0) is 37.0 Å². The quantitative estimate of drug-likeness (QED) is 0.690. The van der Waals surface area contributed by atoms with Gasteiger partial charge < -0.3 is 0 Å². The number of hydrogen-bond acceptors (Lipinski definition) is 3. The summed E-state index contributed by atoms with van der Waals surface area (Å²) in [5.74, 6) is 0.103. The fourth-order valence-corrected chi connectivity index (χ4v) is 3.30. The Morgan fingerprint density at radius 2 is 1.65 bits per heavy atom. The third-order valence-electron chi connectivity index (χ3n) is 3.13. The first kappa shape index (κ1) is 10.6. The molecule has 1 aliphatic carbocycles. The van der Waals surface area contributed by atoms with Gasteiger partial charge in [0, 0.05) is 12.0 Å². The Hall–Kier alpha value is -1.56. The van der Waals surface area contributed by atoms with E-state index in [1.165, 1.54) is 0 Å². The lowest BCUT2D eigenvalue weighted by molar-refractivity contribution is 0.0982. The number of carbonyl (C=O) groups excluding carboxylic acids is 1. The summed E-state index contributed by atoms with van der Waals surface area (Å²) in [7, 11) is -3.47. The van der Waals surface area contributed by atoms with Crippen molar-refractivity contribution in [2.45, 2.75) is 25.7 Å². The van der Waals surface area contributed by atoms with Crippen LogP contribution in [0, 0.1) is 0 Å². The molecule has 0 spiro atoms. The summed E-state index contributed by atoms with van der Waals surface area (Å²) in [6, 6.07) is 3.42. The first-order valence-corrected chi connectivity index (χ1v) is 7.04. The summed E-state index contributed by atoms with van der Waals surface area (Å²) in [4.78, 5) is 11.9. The van der Waals surface area contributed by atoms with Crippen molar-refractivity contribution in [3.8, 4) is 0 Å². The number of aryl methyl sites for hydroxylation is 1. The summed E-state index contributed by atoms with van der Waals surface area (Å²) in [5, 5.41) is 0. The zero-order valence-electron chi connectivity index (χ0n) is 9.12. The molecule has 0 saturated heterocycles. The molecule has 5 nitrogen and oxygen atoms in total. The molecule has 17 heavy (non-hydrogen) atoms. The van der Waals surface area contributed by atoms with Gasteiger partial charge in [-0.25, -0.2) is 0 Å². The predicted molar refractivity (Wildman–Crippen MR) is 64.5 cm³/mol. The van der Waals surface area contributed by atoms with Crippen LogP contribution in [0.1, 0.15) is 35.2 Å². The van der Waals surface area contributed by atoms with Crippen LogP contribution in [0.5, 0.6) is 0 Å². The highest BCUT2D eigenvalue weighted by Crippen LogP contribution is 2.35. The molecular formula is C11H12N2O3S. The van der Waals surface area contributed by atoms with Crippen LogP contribution in [-0.4, -0.2) is 14.2 Å². The molecule has 0 unspecified atom stereocenters. The van der Waals surface area contributed by atoms with Gasteiger partial charge in [0.25, 0.3) is 0 Å². The first-order valence-electron chi connectivity index (χ1n) is 5.56. The van der Waals surface area contributed by atoms with Crippen LogP contribution >= 0.6 is 0 Å². The summed E-state index contributed by atoms with van der Waals surface area (Å²) >= 11 is 0. The van der Waals surface area contributed by atoms with E-state index < -0.39 is 10.2 Å². The molecule has 0 fully saturated rings. The van der Waals surface area contributed by atoms with Gasteiger partial charge in [-0.3, -0.25) is 14.2 Å². The highest BCUT2D eigenvalue weighted by molar-refractivity contribution is 7.94. The van der Waals surface area contributed by atoms with E-state index in [1.54, 1.807) is 12.1 Å². The summed E-state index contributed by atoms with van der Waals surface area (Å²) in [5.41, 5.74) is 2.61. The zero-order chi connectivity index (χ0) is 12.0. The second kappa shape index (κ2) is 3.46. The molecule has 6 heteroatoms. The maximum atomic E-state index is 11.9. The molecule has 0 bridgehead atoms. The van der Waals surface area contributed by atoms with Gasteiger partial charge in [0.2, 0.25) is 0 Å². The molecule has 1 aromatic rings. The Bertz CT molecular complexity index is 607. The Morgan fingerprint density at radius 3 is 2.41 bits per heavy atom. The number of anilines is 2. The van der Waals surface area contributed by atoms with E-state index in [9.17, 15) is 13.2 Å². The average molecular weight is 252 g/mol. The zero-order valence-corrected chi connectivity index (χ0v) is 9.93. The molecule has 0 aromatic heterocycles. The number of carbonyl (C=O) groups is 1. The molecule has 1 aliphatic heterocycles. The van der Waals surface area contributed by atoms with Crippen LogP contribution in [0.4, 0.5) is 11.4 Å². The lowest BCUT2D eigenvalue weighted by atomic mass is 10.0. The molecule has 2 N–H and O–H groups in total. The maximum Gasteiger partial charge on any atom is 0.321 e. The summed E-state index contributed by atoms with van der Waals surface area (Å²) < 4.78 is 27.5. The Labute approximate surface area is 99.4 Å². The minimum absolute atomic E-state index is 0.103. The van der Waals surface area contributed by atoms with Crippen molar-refractivity contribution in [2.75, 3.05) is 9.44 Å². The summed E-state index contributed by atoms with van der Waals surface area (Å²) in [6.45, 7) is 0. The molecule has 90 valence electrons. The summed E-state index contributed by atoms with van der Waals surface area (Å²) in [6.07, 6.45) is 3.25. The van der Waals surface area contributed by atoms with Crippen molar-refractivity contribution in [1.29, 1.82) is 0 Å². The van der Waals surface area contributed by atoms with Crippen molar-refractivity contribution in [3.63, 3.8) is 0 Å². The van der Waals surface area contributed by atoms with Gasteiger partial charge >= 0.3 is 10.2 Å². The van der Waals surface area contributed by atoms with Crippen LogP contribution in [0.25, 0.3) is 0 Å². The highest BCUT2D eigenvalue weighted by atomic mass is 32.2. The smallest absolute Gasteiger partial charge is 0.294 e. The molecule has 1 aromatic carbocycles. The first-order chi connectivity index (χ1) is 8.05. The van der Waals surface area contributed by atoms with Crippen molar-refractivity contribution in [2.24, 2.45) is 0 Å². The van der Waals surface area contributed by atoms with E-state index in [4.69, 9.17) is 0 Å².